The topological polar surface area (TPSA) is 85.5 Å². The van der Waals surface area contributed by atoms with E-state index >= 15 is 0 Å². The molecule has 0 aliphatic carbocycles. The highest BCUT2D eigenvalue weighted by atomic mass is 15.3. The number of imidazole rings is 1. The lowest BCUT2D eigenvalue weighted by Crippen LogP contribution is -2.05. The molecule has 3 aromatic rings. The molecule has 0 fully saturated rings. The first-order valence-corrected chi connectivity index (χ1v) is 5.82. The second kappa shape index (κ2) is 4.14. The number of nitrogens with two attached hydrogens (primary N) is 1. The molecule has 2 heterocycles. The molecule has 0 saturated heterocycles. The van der Waals surface area contributed by atoms with Crippen molar-refractivity contribution in [2.75, 3.05) is 5.73 Å². The Morgan fingerprint density at radius 1 is 1.37 bits per heavy atom. The Kier molecular flexibility index (Phi) is 2.46. The predicted molar refractivity (Wildman–Crippen MR) is 71.2 cm³/mol. The standard InChI is InChI=1S/C13H12N6/c1-18-6-5-10(17-18)8-19-11-4-2-3-9(7-14)12(11)16-13(19)15/h2-6H,8H2,1H3,(H2,15,16). The molecule has 1 aromatic carbocycles. The summed E-state index contributed by atoms with van der Waals surface area (Å²) in [6.45, 7) is 0.540. The van der Waals surface area contributed by atoms with Crippen LogP contribution >= 0.6 is 0 Å². The Balaban J connectivity index is 2.14. The number of benzene rings is 1. The Bertz CT molecular complexity index is 789. The molecule has 94 valence electrons. The molecule has 0 spiro atoms. The molecule has 0 atom stereocenters. The first-order valence-electron chi connectivity index (χ1n) is 5.82. The van der Waals surface area contributed by atoms with Gasteiger partial charge in [-0.05, 0) is 18.2 Å². The fraction of sp³-hybridized carbons (Fsp3) is 0.154. The van der Waals surface area contributed by atoms with Gasteiger partial charge < -0.3 is 10.3 Å². The molecule has 3 rings (SSSR count). The molecule has 0 aliphatic heterocycles. The summed E-state index contributed by atoms with van der Waals surface area (Å²) < 4.78 is 3.60. The number of para-hydroxylation sites is 1. The summed E-state index contributed by atoms with van der Waals surface area (Å²) in [6, 6.07) is 9.53. The van der Waals surface area contributed by atoms with Crippen molar-refractivity contribution in [3.8, 4) is 6.07 Å². The number of hydrogen-bond donors (Lipinski definition) is 1. The van der Waals surface area contributed by atoms with E-state index in [0.29, 0.717) is 23.6 Å². The zero-order valence-corrected chi connectivity index (χ0v) is 10.4. The van der Waals surface area contributed by atoms with Gasteiger partial charge in [0.1, 0.15) is 11.6 Å². The second-order valence-corrected chi connectivity index (χ2v) is 4.32. The van der Waals surface area contributed by atoms with Crippen LogP contribution in [-0.2, 0) is 13.6 Å². The second-order valence-electron chi connectivity index (χ2n) is 4.32. The maximum Gasteiger partial charge on any atom is 0.201 e. The van der Waals surface area contributed by atoms with Crippen LogP contribution in [-0.4, -0.2) is 19.3 Å². The van der Waals surface area contributed by atoms with Crippen molar-refractivity contribution in [1.29, 1.82) is 5.26 Å². The molecule has 19 heavy (non-hydrogen) atoms. The van der Waals surface area contributed by atoms with E-state index in [1.54, 1.807) is 10.7 Å². The molecule has 2 aromatic heterocycles. The van der Waals surface area contributed by atoms with Crippen molar-refractivity contribution in [3.63, 3.8) is 0 Å². The monoisotopic (exact) mass is 252 g/mol. The minimum atomic E-state index is 0.392. The summed E-state index contributed by atoms with van der Waals surface area (Å²) in [4.78, 5) is 4.27. The number of fused-ring (bicyclic) bond motifs is 1. The lowest BCUT2D eigenvalue weighted by Gasteiger charge is -2.03. The molecule has 6 heteroatoms. The minimum Gasteiger partial charge on any atom is -0.369 e. The van der Waals surface area contributed by atoms with Crippen molar-refractivity contribution >= 4 is 17.0 Å². The van der Waals surface area contributed by atoms with Gasteiger partial charge in [0.25, 0.3) is 0 Å². The van der Waals surface area contributed by atoms with Gasteiger partial charge in [0.05, 0.1) is 23.3 Å². The van der Waals surface area contributed by atoms with Crippen molar-refractivity contribution in [1.82, 2.24) is 19.3 Å². The van der Waals surface area contributed by atoms with Crippen LogP contribution in [0.25, 0.3) is 11.0 Å². The van der Waals surface area contributed by atoms with Crippen LogP contribution in [0.3, 0.4) is 0 Å². The molecule has 6 nitrogen and oxygen atoms in total. The molecular formula is C13H12N6. The van der Waals surface area contributed by atoms with Gasteiger partial charge >= 0.3 is 0 Å². The van der Waals surface area contributed by atoms with Crippen molar-refractivity contribution in [3.05, 3.63) is 41.7 Å². The number of nitrogens with zero attached hydrogens (tertiary/aromatic N) is 5. The average molecular weight is 252 g/mol. The smallest absolute Gasteiger partial charge is 0.201 e. The van der Waals surface area contributed by atoms with E-state index in [2.05, 4.69) is 16.2 Å². The van der Waals surface area contributed by atoms with Gasteiger partial charge in [0.2, 0.25) is 5.95 Å². The van der Waals surface area contributed by atoms with E-state index in [4.69, 9.17) is 11.0 Å². The zero-order valence-electron chi connectivity index (χ0n) is 10.4. The number of aromatic nitrogens is 4. The summed E-state index contributed by atoms with van der Waals surface area (Å²) >= 11 is 0. The number of nitrogen functional groups attached to an aromatic ring is 1. The van der Waals surface area contributed by atoms with Gasteiger partial charge in [-0.1, -0.05) is 6.07 Å². The molecule has 0 amide bonds. The Morgan fingerprint density at radius 3 is 2.89 bits per heavy atom. The molecule has 0 saturated carbocycles. The Morgan fingerprint density at radius 2 is 2.21 bits per heavy atom. The van der Waals surface area contributed by atoms with E-state index in [1.165, 1.54) is 0 Å². The summed E-state index contributed by atoms with van der Waals surface area (Å²) in [6.07, 6.45) is 1.88. The molecule has 2 N–H and O–H groups in total. The third kappa shape index (κ3) is 1.81. The Labute approximate surface area is 109 Å². The van der Waals surface area contributed by atoms with Crippen molar-refractivity contribution in [2.24, 2.45) is 7.05 Å². The first kappa shape index (κ1) is 11.3. The maximum absolute atomic E-state index is 9.07. The van der Waals surface area contributed by atoms with Gasteiger partial charge in [-0.15, -0.1) is 0 Å². The van der Waals surface area contributed by atoms with Crippen LogP contribution in [0.1, 0.15) is 11.3 Å². The van der Waals surface area contributed by atoms with Crippen LogP contribution in [0.15, 0.2) is 30.5 Å². The van der Waals surface area contributed by atoms with Gasteiger partial charge in [-0.2, -0.15) is 10.4 Å². The molecule has 0 unspecified atom stereocenters. The lowest BCUT2D eigenvalue weighted by atomic mass is 10.2. The van der Waals surface area contributed by atoms with E-state index in [0.717, 1.165) is 11.2 Å². The highest BCUT2D eigenvalue weighted by Gasteiger charge is 2.12. The summed E-state index contributed by atoms with van der Waals surface area (Å²) in [5.41, 5.74) is 8.86. The highest BCUT2D eigenvalue weighted by Crippen LogP contribution is 2.21. The van der Waals surface area contributed by atoms with E-state index < -0.39 is 0 Å². The summed E-state index contributed by atoms with van der Waals surface area (Å²) in [7, 11) is 1.87. The number of anilines is 1. The van der Waals surface area contributed by atoms with Gasteiger partial charge in [-0.25, -0.2) is 4.98 Å². The van der Waals surface area contributed by atoms with Crippen LogP contribution in [0.4, 0.5) is 5.95 Å². The maximum atomic E-state index is 9.07. The average Bonchev–Trinajstić information content (AvgIpc) is 2.94. The number of aryl methyl sites for hydroxylation is 1. The molecule has 0 radical (unpaired) electrons. The lowest BCUT2D eigenvalue weighted by molar-refractivity contribution is 0.717. The fourth-order valence-electron chi connectivity index (χ4n) is 2.13. The van der Waals surface area contributed by atoms with Crippen LogP contribution in [0.5, 0.6) is 0 Å². The van der Waals surface area contributed by atoms with Crippen LogP contribution in [0, 0.1) is 11.3 Å². The van der Waals surface area contributed by atoms with Crippen molar-refractivity contribution in [2.45, 2.75) is 6.54 Å². The van der Waals surface area contributed by atoms with E-state index in [9.17, 15) is 0 Å². The fourth-order valence-corrected chi connectivity index (χ4v) is 2.13. The quantitative estimate of drug-likeness (QED) is 0.744. The number of hydrogen-bond acceptors (Lipinski definition) is 4. The first-order chi connectivity index (χ1) is 9.19. The van der Waals surface area contributed by atoms with Gasteiger partial charge in [0.15, 0.2) is 0 Å². The molecule has 0 bridgehead atoms. The van der Waals surface area contributed by atoms with Crippen LogP contribution in [0.2, 0.25) is 0 Å². The summed E-state index contributed by atoms with van der Waals surface area (Å²) in [5, 5.41) is 13.4. The van der Waals surface area contributed by atoms with E-state index in [-0.39, 0.29) is 0 Å². The summed E-state index contributed by atoms with van der Waals surface area (Å²) in [5.74, 6) is 0.392. The number of rotatable bonds is 2. The van der Waals surface area contributed by atoms with Gasteiger partial charge in [0, 0.05) is 13.2 Å². The number of nitriles is 1. The highest BCUT2D eigenvalue weighted by molar-refractivity contribution is 5.84. The molecule has 0 aliphatic rings. The zero-order chi connectivity index (χ0) is 13.4. The third-order valence-electron chi connectivity index (χ3n) is 3.02. The SMILES string of the molecule is Cn1ccc(Cn2c(N)nc3c(C#N)cccc32)n1. The predicted octanol–water partition coefficient (Wildman–Crippen LogP) is 1.27. The van der Waals surface area contributed by atoms with E-state index in [1.807, 2.05) is 36.0 Å². The van der Waals surface area contributed by atoms with Crippen LogP contribution < -0.4 is 5.73 Å². The Hall–Kier alpha value is -2.81. The normalized spacial score (nSPS) is 10.7. The third-order valence-corrected chi connectivity index (χ3v) is 3.02. The van der Waals surface area contributed by atoms with Crippen molar-refractivity contribution < 1.29 is 0 Å². The minimum absolute atomic E-state index is 0.392. The molecular weight excluding hydrogens is 240 g/mol. The van der Waals surface area contributed by atoms with Gasteiger partial charge in [-0.3, -0.25) is 4.68 Å². The largest absolute Gasteiger partial charge is 0.369 e.